The largest absolute Gasteiger partial charge is 0.450 e. The number of benzene rings is 9. The van der Waals surface area contributed by atoms with E-state index >= 15 is 0 Å². The Hall–Kier alpha value is -7.62. The van der Waals surface area contributed by atoms with Gasteiger partial charge in [-0.1, -0.05) is 164 Å². The van der Waals surface area contributed by atoms with Crippen LogP contribution in [0.3, 0.4) is 0 Å². The average Bonchev–Trinajstić information content (AvgIpc) is 3.77. The second-order valence-electron chi connectivity index (χ2n) is 15.1. The van der Waals surface area contributed by atoms with Crippen LogP contribution in [-0.2, 0) is 5.41 Å². The molecule has 9 aromatic carbocycles. The molecule has 12 rings (SSSR count). The maximum Gasteiger partial charge on any atom is 0.172 e. The first-order valence-electron chi connectivity index (χ1n) is 19.8. The lowest BCUT2D eigenvalue weighted by atomic mass is 9.70. The van der Waals surface area contributed by atoms with Crippen LogP contribution in [0.5, 0.6) is 23.0 Å². The standard InChI is InChI=1S/C55H35NO2/c1-2-17-36(18-3-1)56(37-33-34-52-53(35-37)58-51-32-15-14-31-50(51)57-52)49-30-13-9-23-42(49)38-19-4-5-20-39(38)43-25-16-29-48-54(43)44-24-8-12-28-47(44)55(48)45-26-10-6-21-40(45)41-22-7-11-27-46(41)55/h1-35H. The normalized spacial score (nSPS) is 13.2. The van der Waals surface area contributed by atoms with E-state index in [2.05, 4.69) is 187 Å². The molecule has 0 saturated carbocycles. The predicted octanol–water partition coefficient (Wildman–Crippen LogP) is 14.7. The van der Waals surface area contributed by atoms with E-state index in [1.807, 2.05) is 30.3 Å². The van der Waals surface area contributed by atoms with Gasteiger partial charge in [0, 0.05) is 17.3 Å². The Morgan fingerprint density at radius 1 is 0.293 bits per heavy atom. The monoisotopic (exact) mass is 741 g/mol. The summed E-state index contributed by atoms with van der Waals surface area (Å²) in [4.78, 5) is 2.32. The fourth-order valence-electron chi connectivity index (χ4n) is 9.88. The van der Waals surface area contributed by atoms with Gasteiger partial charge in [-0.15, -0.1) is 0 Å². The van der Waals surface area contributed by atoms with Gasteiger partial charge in [0.1, 0.15) is 0 Å². The minimum Gasteiger partial charge on any atom is -0.450 e. The van der Waals surface area contributed by atoms with Crippen LogP contribution in [0.1, 0.15) is 22.3 Å². The molecule has 0 fully saturated rings. The van der Waals surface area contributed by atoms with Crippen LogP contribution < -0.4 is 14.4 Å². The lowest BCUT2D eigenvalue weighted by Gasteiger charge is -2.30. The summed E-state index contributed by atoms with van der Waals surface area (Å²) in [5, 5.41) is 0. The second-order valence-corrected chi connectivity index (χ2v) is 15.1. The first kappa shape index (κ1) is 32.6. The minimum absolute atomic E-state index is 0.412. The molecule has 3 nitrogen and oxygen atoms in total. The third kappa shape index (κ3) is 4.62. The van der Waals surface area contributed by atoms with Gasteiger partial charge in [0.15, 0.2) is 23.0 Å². The van der Waals surface area contributed by atoms with E-state index in [-0.39, 0.29) is 0 Å². The molecule has 0 atom stereocenters. The molecule has 0 bridgehead atoms. The van der Waals surface area contributed by atoms with Crippen molar-refractivity contribution in [1.82, 2.24) is 0 Å². The molecule has 0 amide bonds. The fourth-order valence-corrected chi connectivity index (χ4v) is 9.88. The lowest BCUT2D eigenvalue weighted by molar-refractivity contribution is 0.360. The van der Waals surface area contributed by atoms with E-state index in [9.17, 15) is 0 Å². The van der Waals surface area contributed by atoms with Crippen LogP contribution in [0.2, 0.25) is 0 Å². The zero-order valence-electron chi connectivity index (χ0n) is 31.5. The predicted molar refractivity (Wildman–Crippen MR) is 235 cm³/mol. The summed E-state index contributed by atoms with van der Waals surface area (Å²) in [7, 11) is 0. The molecule has 1 aliphatic heterocycles. The van der Waals surface area contributed by atoms with Gasteiger partial charge in [-0.3, -0.25) is 0 Å². The Kier molecular flexibility index (Phi) is 7.14. The van der Waals surface area contributed by atoms with Crippen LogP contribution in [0.15, 0.2) is 212 Å². The summed E-state index contributed by atoms with van der Waals surface area (Å²) in [6.07, 6.45) is 0. The molecule has 1 heterocycles. The van der Waals surface area contributed by atoms with Crippen molar-refractivity contribution < 1.29 is 9.47 Å². The number of hydrogen-bond donors (Lipinski definition) is 0. The van der Waals surface area contributed by atoms with Gasteiger partial charge in [0.2, 0.25) is 0 Å². The number of rotatable bonds is 5. The van der Waals surface area contributed by atoms with Gasteiger partial charge in [-0.2, -0.15) is 0 Å². The third-order valence-corrected chi connectivity index (χ3v) is 12.2. The van der Waals surface area contributed by atoms with Crippen LogP contribution in [0.25, 0.3) is 44.5 Å². The van der Waals surface area contributed by atoms with Gasteiger partial charge in [-0.05, 0) is 104 Å². The van der Waals surface area contributed by atoms with Gasteiger partial charge in [-0.25, -0.2) is 0 Å². The van der Waals surface area contributed by atoms with Crippen LogP contribution in [-0.4, -0.2) is 0 Å². The molecule has 9 aromatic rings. The van der Waals surface area contributed by atoms with Crippen molar-refractivity contribution in [3.05, 3.63) is 235 Å². The maximum atomic E-state index is 6.44. The third-order valence-electron chi connectivity index (χ3n) is 12.2. The first-order valence-corrected chi connectivity index (χ1v) is 19.8. The molecule has 0 aromatic heterocycles. The van der Waals surface area contributed by atoms with Gasteiger partial charge < -0.3 is 14.4 Å². The van der Waals surface area contributed by atoms with E-state index in [1.165, 1.54) is 55.6 Å². The van der Waals surface area contributed by atoms with Crippen molar-refractivity contribution in [3.63, 3.8) is 0 Å². The molecule has 272 valence electrons. The topological polar surface area (TPSA) is 21.7 Å². The second kappa shape index (κ2) is 12.7. The molecule has 0 N–H and O–H groups in total. The lowest BCUT2D eigenvalue weighted by Crippen LogP contribution is -2.25. The highest BCUT2D eigenvalue weighted by atomic mass is 16.6. The Labute approximate surface area is 337 Å². The summed E-state index contributed by atoms with van der Waals surface area (Å²) < 4.78 is 12.7. The Morgan fingerprint density at radius 2 is 0.759 bits per heavy atom. The molecule has 0 radical (unpaired) electrons. The highest BCUT2D eigenvalue weighted by molar-refractivity contribution is 6.03. The molecule has 2 aliphatic carbocycles. The van der Waals surface area contributed by atoms with Crippen molar-refractivity contribution in [2.75, 3.05) is 4.90 Å². The van der Waals surface area contributed by atoms with E-state index < -0.39 is 5.41 Å². The smallest absolute Gasteiger partial charge is 0.172 e. The van der Waals surface area contributed by atoms with Crippen LogP contribution >= 0.6 is 0 Å². The number of fused-ring (bicyclic) bond motifs is 12. The summed E-state index contributed by atoms with van der Waals surface area (Å²) in [6, 6.07) is 76.2. The van der Waals surface area contributed by atoms with Crippen LogP contribution in [0.4, 0.5) is 17.1 Å². The summed E-state index contributed by atoms with van der Waals surface area (Å²) in [6.45, 7) is 0. The SMILES string of the molecule is c1ccc(N(c2ccc3c(c2)Oc2ccccc2O3)c2ccccc2-c2ccccc2-c2cccc3c2-c2ccccc2C32c3ccccc3-c3ccccc32)cc1. The van der Waals surface area contributed by atoms with Crippen molar-refractivity contribution in [2.45, 2.75) is 5.41 Å². The number of ether oxygens (including phenoxy) is 2. The van der Waals surface area contributed by atoms with Crippen molar-refractivity contribution >= 4 is 17.1 Å². The average molecular weight is 742 g/mol. The van der Waals surface area contributed by atoms with E-state index in [1.54, 1.807) is 0 Å². The van der Waals surface area contributed by atoms with E-state index in [0.29, 0.717) is 23.0 Å². The molecule has 0 unspecified atom stereocenters. The molecule has 3 heteroatoms. The Morgan fingerprint density at radius 3 is 1.45 bits per heavy atom. The minimum atomic E-state index is -0.412. The summed E-state index contributed by atoms with van der Waals surface area (Å²) in [5.41, 5.74) is 17.9. The maximum absolute atomic E-state index is 6.44. The number of hydrogen-bond acceptors (Lipinski definition) is 3. The zero-order chi connectivity index (χ0) is 38.2. The summed E-state index contributed by atoms with van der Waals surface area (Å²) >= 11 is 0. The van der Waals surface area contributed by atoms with Crippen molar-refractivity contribution in [3.8, 4) is 67.5 Å². The number of nitrogens with zero attached hydrogens (tertiary/aromatic N) is 1. The van der Waals surface area contributed by atoms with E-state index in [0.717, 1.165) is 28.2 Å². The molecule has 0 saturated heterocycles. The highest BCUT2D eigenvalue weighted by Gasteiger charge is 2.52. The van der Waals surface area contributed by atoms with E-state index in [4.69, 9.17) is 9.47 Å². The zero-order valence-corrected chi connectivity index (χ0v) is 31.5. The quantitative estimate of drug-likeness (QED) is 0.175. The Bertz CT molecular complexity index is 3050. The molecule has 58 heavy (non-hydrogen) atoms. The highest BCUT2D eigenvalue weighted by Crippen LogP contribution is 2.64. The molecular formula is C55H35NO2. The van der Waals surface area contributed by atoms with Gasteiger partial charge >= 0.3 is 0 Å². The Balaban J connectivity index is 1.06. The van der Waals surface area contributed by atoms with Crippen LogP contribution in [0, 0.1) is 0 Å². The first-order chi connectivity index (χ1) is 28.8. The fraction of sp³-hybridized carbons (Fsp3) is 0.0182. The number of para-hydroxylation sites is 4. The van der Waals surface area contributed by atoms with Crippen molar-refractivity contribution in [2.24, 2.45) is 0 Å². The van der Waals surface area contributed by atoms with Gasteiger partial charge in [0.25, 0.3) is 0 Å². The van der Waals surface area contributed by atoms with Gasteiger partial charge in [0.05, 0.1) is 16.8 Å². The molecule has 3 aliphatic rings. The number of anilines is 3. The summed E-state index contributed by atoms with van der Waals surface area (Å²) in [5.74, 6) is 2.79. The van der Waals surface area contributed by atoms with Crippen molar-refractivity contribution in [1.29, 1.82) is 0 Å². The molecular weight excluding hydrogens is 707 g/mol. The molecule has 1 spiro atoms.